The lowest BCUT2D eigenvalue weighted by atomic mass is 10.1. The minimum Gasteiger partial charge on any atom is -0.462 e. The second kappa shape index (κ2) is 10.1. The second-order valence-electron chi connectivity index (χ2n) is 6.37. The molecule has 2 rings (SSSR count). The number of anilines is 1. The fourth-order valence-corrected chi connectivity index (χ4v) is 2.49. The topological polar surface area (TPSA) is 105 Å². The van der Waals surface area contributed by atoms with Crippen molar-refractivity contribution in [2.24, 2.45) is 0 Å². The van der Waals surface area contributed by atoms with Crippen molar-refractivity contribution in [3.63, 3.8) is 0 Å². The van der Waals surface area contributed by atoms with Gasteiger partial charge in [-0.2, -0.15) is 18.3 Å². The Labute approximate surface area is 171 Å². The van der Waals surface area contributed by atoms with Crippen molar-refractivity contribution in [3.05, 3.63) is 47.2 Å². The van der Waals surface area contributed by atoms with E-state index in [1.54, 1.807) is 13.8 Å². The maximum atomic E-state index is 12.6. The highest BCUT2D eigenvalue weighted by molar-refractivity contribution is 5.99. The summed E-state index contributed by atoms with van der Waals surface area (Å²) >= 11 is 0. The minimum atomic E-state index is -4.44. The molecule has 8 nitrogen and oxygen atoms in total. The number of carbonyl (C=O) groups excluding carboxylic acids is 2. The van der Waals surface area contributed by atoms with Crippen LogP contribution < -0.4 is 10.6 Å². The summed E-state index contributed by atoms with van der Waals surface area (Å²) in [5.41, 5.74) is -0.309. The molecule has 1 unspecified atom stereocenters. The Morgan fingerprint density at radius 3 is 2.47 bits per heavy atom. The molecular weight excluding hydrogens is 405 g/mol. The number of amides is 2. The van der Waals surface area contributed by atoms with Crippen molar-refractivity contribution < 1.29 is 32.6 Å². The molecule has 30 heavy (non-hydrogen) atoms. The largest absolute Gasteiger partial charge is 0.462 e. The van der Waals surface area contributed by atoms with Crippen LogP contribution in [0.25, 0.3) is 0 Å². The number of hydrogen-bond acceptors (Lipinski definition) is 5. The Hall–Kier alpha value is -3.08. The zero-order chi connectivity index (χ0) is 22.3. The van der Waals surface area contributed by atoms with Gasteiger partial charge >= 0.3 is 18.2 Å². The number of rotatable bonds is 8. The number of nitrogens with one attached hydrogen (secondary N) is 2. The van der Waals surface area contributed by atoms with Crippen molar-refractivity contribution in [2.75, 3.05) is 11.9 Å². The Morgan fingerprint density at radius 1 is 1.23 bits per heavy atom. The highest BCUT2D eigenvalue weighted by atomic mass is 19.4. The van der Waals surface area contributed by atoms with Crippen LogP contribution in [-0.4, -0.2) is 39.6 Å². The van der Waals surface area contributed by atoms with Gasteiger partial charge in [0.15, 0.2) is 0 Å². The molecule has 164 valence electrons. The Balaban J connectivity index is 2.08. The molecular formula is C19H23F3N4O4. The average Bonchev–Trinajstić information content (AvgIpc) is 3.08. The third-order valence-electron chi connectivity index (χ3n) is 4.16. The molecule has 0 radical (unpaired) electrons. The van der Waals surface area contributed by atoms with E-state index in [2.05, 4.69) is 15.7 Å². The van der Waals surface area contributed by atoms with Gasteiger partial charge in [-0.15, -0.1) is 0 Å². The van der Waals surface area contributed by atoms with Gasteiger partial charge in [0.1, 0.15) is 11.4 Å². The number of hydrogen-bond donors (Lipinski definition) is 3. The van der Waals surface area contributed by atoms with E-state index in [1.807, 2.05) is 0 Å². The van der Waals surface area contributed by atoms with E-state index in [1.165, 1.54) is 23.0 Å². The summed E-state index contributed by atoms with van der Waals surface area (Å²) < 4.78 is 44.1. The second-order valence-corrected chi connectivity index (χ2v) is 6.37. The van der Waals surface area contributed by atoms with E-state index < -0.39 is 29.8 Å². The first kappa shape index (κ1) is 23.2. The third-order valence-corrected chi connectivity index (χ3v) is 4.16. The number of aliphatic hydroxyl groups excluding tert-OH is 1. The summed E-state index contributed by atoms with van der Waals surface area (Å²) in [5.74, 6) is -0.640. The Kier molecular flexibility index (Phi) is 7.81. The van der Waals surface area contributed by atoms with E-state index in [-0.39, 0.29) is 31.1 Å². The molecule has 11 heteroatoms. The summed E-state index contributed by atoms with van der Waals surface area (Å²) in [4.78, 5) is 24.4. The van der Waals surface area contributed by atoms with Gasteiger partial charge in [0, 0.05) is 6.54 Å². The first-order chi connectivity index (χ1) is 14.2. The molecule has 1 heterocycles. The molecule has 0 fully saturated rings. The maximum Gasteiger partial charge on any atom is 0.416 e. The van der Waals surface area contributed by atoms with Gasteiger partial charge in [0.05, 0.1) is 31.0 Å². The van der Waals surface area contributed by atoms with Crippen LogP contribution in [0.15, 0.2) is 30.5 Å². The van der Waals surface area contributed by atoms with Crippen LogP contribution in [0.2, 0.25) is 0 Å². The van der Waals surface area contributed by atoms with Crippen molar-refractivity contribution in [1.29, 1.82) is 0 Å². The molecule has 3 N–H and O–H groups in total. The fraction of sp³-hybridized carbons (Fsp3) is 0.421. The van der Waals surface area contributed by atoms with Crippen LogP contribution in [0.5, 0.6) is 0 Å². The smallest absolute Gasteiger partial charge is 0.416 e. The first-order valence-electron chi connectivity index (χ1n) is 9.27. The lowest BCUT2D eigenvalue weighted by Crippen LogP contribution is -2.31. The first-order valence-corrected chi connectivity index (χ1v) is 9.27. The number of esters is 1. The summed E-state index contributed by atoms with van der Waals surface area (Å²) in [6, 6.07) is 3.67. The summed E-state index contributed by atoms with van der Waals surface area (Å²) in [6.45, 7) is 3.54. The molecule has 0 saturated heterocycles. The highest BCUT2D eigenvalue weighted by Gasteiger charge is 2.30. The molecule has 0 aliphatic heterocycles. The van der Waals surface area contributed by atoms with Crippen LogP contribution in [0, 0.1) is 0 Å². The van der Waals surface area contributed by atoms with Crippen LogP contribution >= 0.6 is 0 Å². The van der Waals surface area contributed by atoms with Gasteiger partial charge in [0.25, 0.3) is 0 Å². The average molecular weight is 428 g/mol. The number of aromatic nitrogens is 2. The molecule has 0 aliphatic carbocycles. The van der Waals surface area contributed by atoms with E-state index in [9.17, 15) is 27.9 Å². The number of carbonyl (C=O) groups is 2. The number of aliphatic hydroxyl groups is 1. The zero-order valence-corrected chi connectivity index (χ0v) is 16.5. The molecule has 1 atom stereocenters. The molecule has 0 spiro atoms. The molecule has 1 aromatic carbocycles. The SMILES string of the molecule is CCOC(=O)c1cnn(CC(O)CC)c1NC(=O)NCc1ccc(C(F)(F)F)cc1. The molecule has 2 aromatic rings. The quantitative estimate of drug-likeness (QED) is 0.560. The Bertz CT molecular complexity index is 866. The van der Waals surface area contributed by atoms with Crippen molar-refractivity contribution >= 4 is 17.8 Å². The lowest BCUT2D eigenvalue weighted by Gasteiger charge is -2.14. The van der Waals surface area contributed by atoms with Gasteiger partial charge in [-0.3, -0.25) is 5.32 Å². The highest BCUT2D eigenvalue weighted by Crippen LogP contribution is 2.29. The van der Waals surface area contributed by atoms with Gasteiger partial charge in [-0.05, 0) is 31.0 Å². The number of halogens is 3. The van der Waals surface area contributed by atoms with Gasteiger partial charge in [-0.25, -0.2) is 14.3 Å². The van der Waals surface area contributed by atoms with Gasteiger partial charge < -0.3 is 15.2 Å². The van der Waals surface area contributed by atoms with Crippen molar-refractivity contribution in [3.8, 4) is 0 Å². The molecule has 2 amide bonds. The van der Waals surface area contributed by atoms with Gasteiger partial charge in [-0.1, -0.05) is 19.1 Å². The third kappa shape index (κ3) is 6.21. The lowest BCUT2D eigenvalue weighted by molar-refractivity contribution is -0.137. The molecule has 1 aromatic heterocycles. The Morgan fingerprint density at radius 2 is 1.90 bits per heavy atom. The van der Waals surface area contributed by atoms with Crippen LogP contribution in [0.4, 0.5) is 23.8 Å². The minimum absolute atomic E-state index is 0.0184. The molecule has 0 saturated carbocycles. The van der Waals surface area contributed by atoms with E-state index >= 15 is 0 Å². The normalized spacial score (nSPS) is 12.3. The number of ether oxygens (including phenoxy) is 1. The number of alkyl halides is 3. The number of nitrogens with zero attached hydrogens (tertiary/aromatic N) is 2. The standard InChI is InChI=1S/C19H23F3N4O4/c1-3-14(27)11-26-16(15(10-24-26)17(28)30-4-2)25-18(29)23-9-12-5-7-13(8-6-12)19(20,21)22/h5-8,10,14,27H,3-4,9,11H2,1-2H3,(H2,23,25,29). The summed E-state index contributed by atoms with van der Waals surface area (Å²) in [6.07, 6.45) is -3.51. The summed E-state index contributed by atoms with van der Waals surface area (Å²) in [5, 5.41) is 18.9. The van der Waals surface area contributed by atoms with E-state index in [4.69, 9.17) is 4.74 Å². The maximum absolute atomic E-state index is 12.6. The van der Waals surface area contributed by atoms with Crippen LogP contribution in [0.3, 0.4) is 0 Å². The van der Waals surface area contributed by atoms with E-state index in [0.29, 0.717) is 12.0 Å². The predicted octanol–water partition coefficient (Wildman–Crippen LogP) is 3.17. The predicted molar refractivity (Wildman–Crippen MR) is 102 cm³/mol. The zero-order valence-electron chi connectivity index (χ0n) is 16.5. The van der Waals surface area contributed by atoms with E-state index in [0.717, 1.165) is 12.1 Å². The van der Waals surface area contributed by atoms with Crippen LogP contribution in [0.1, 0.15) is 41.8 Å². The summed E-state index contributed by atoms with van der Waals surface area (Å²) in [7, 11) is 0. The van der Waals surface area contributed by atoms with Crippen molar-refractivity contribution in [2.45, 2.75) is 45.6 Å². The van der Waals surface area contributed by atoms with Crippen LogP contribution in [-0.2, 0) is 24.0 Å². The number of urea groups is 1. The number of benzene rings is 1. The van der Waals surface area contributed by atoms with Crippen molar-refractivity contribution in [1.82, 2.24) is 15.1 Å². The van der Waals surface area contributed by atoms with Gasteiger partial charge in [0.2, 0.25) is 0 Å². The monoisotopic (exact) mass is 428 g/mol. The fourth-order valence-electron chi connectivity index (χ4n) is 2.49. The molecule has 0 aliphatic rings. The molecule has 0 bridgehead atoms.